The summed E-state index contributed by atoms with van der Waals surface area (Å²) in [6, 6.07) is 0. The largest absolute Gasteiger partial charge is 0.368 e. The molecule has 20 heavy (non-hydrogen) atoms. The third-order valence-corrected chi connectivity index (χ3v) is 6.12. The van der Waals surface area contributed by atoms with E-state index in [1.54, 1.807) is 0 Å². The first-order chi connectivity index (χ1) is 9.46. The number of aliphatic hydroxyl groups is 1. The van der Waals surface area contributed by atoms with Gasteiger partial charge in [-0.3, -0.25) is 0 Å². The molecule has 0 aromatic carbocycles. The molecule has 1 N–H and O–H groups in total. The predicted octanol–water partition coefficient (Wildman–Crippen LogP) is 2.19. The van der Waals surface area contributed by atoms with E-state index in [2.05, 4.69) is 6.92 Å². The molecule has 1 aliphatic carbocycles. The second kappa shape index (κ2) is 4.17. The smallest absolute Gasteiger partial charge is 0.201 e. The Labute approximate surface area is 119 Å². The normalized spacial score (nSPS) is 61.8. The summed E-state index contributed by atoms with van der Waals surface area (Å²) >= 11 is 0. The van der Waals surface area contributed by atoms with E-state index < -0.39 is 24.0 Å². The minimum Gasteiger partial charge on any atom is -0.368 e. The molecule has 5 fully saturated rings. The van der Waals surface area contributed by atoms with Gasteiger partial charge in [-0.25, -0.2) is 9.78 Å². The lowest BCUT2D eigenvalue weighted by Gasteiger charge is -2.59. The highest BCUT2D eigenvalue weighted by atomic mass is 17.3. The van der Waals surface area contributed by atoms with Crippen LogP contribution in [-0.2, 0) is 19.2 Å². The van der Waals surface area contributed by atoms with Gasteiger partial charge < -0.3 is 14.6 Å². The summed E-state index contributed by atoms with van der Waals surface area (Å²) in [5.41, 5.74) is -0.549. The standard InChI is InChI=1S/C15H24O5/c1-8-4-5-11-9(2)12(16)17-13-15(11)10(8)6-7-14(3,18-13)19-20-15/h8-13,16H,4-7H2,1-3H3/t8-,9-,10+,11+,12+,13-,14+,15+/m1/s1. The van der Waals surface area contributed by atoms with Gasteiger partial charge in [-0.1, -0.05) is 13.8 Å². The Kier molecular flexibility index (Phi) is 2.81. The van der Waals surface area contributed by atoms with Gasteiger partial charge in [0.1, 0.15) is 0 Å². The first kappa shape index (κ1) is 13.5. The van der Waals surface area contributed by atoms with E-state index >= 15 is 0 Å². The van der Waals surface area contributed by atoms with Gasteiger partial charge >= 0.3 is 0 Å². The average Bonchev–Trinajstić information content (AvgIpc) is 2.63. The van der Waals surface area contributed by atoms with Crippen LogP contribution in [0.5, 0.6) is 0 Å². The zero-order valence-electron chi connectivity index (χ0n) is 12.4. The van der Waals surface area contributed by atoms with Gasteiger partial charge in [0.2, 0.25) is 5.79 Å². The minimum atomic E-state index is -0.781. The highest BCUT2D eigenvalue weighted by molar-refractivity contribution is 5.08. The molecule has 0 radical (unpaired) electrons. The maximum Gasteiger partial charge on any atom is 0.201 e. The molecule has 114 valence electrons. The Bertz CT molecular complexity index is 411. The summed E-state index contributed by atoms with van der Waals surface area (Å²) in [7, 11) is 0. The van der Waals surface area contributed by atoms with Crippen molar-refractivity contribution in [2.75, 3.05) is 0 Å². The van der Waals surface area contributed by atoms with Crippen LogP contribution >= 0.6 is 0 Å². The van der Waals surface area contributed by atoms with Crippen LogP contribution in [0.3, 0.4) is 0 Å². The summed E-state index contributed by atoms with van der Waals surface area (Å²) in [5, 5.41) is 10.2. The molecule has 5 nitrogen and oxygen atoms in total. The molecular formula is C15H24O5. The number of rotatable bonds is 0. The predicted molar refractivity (Wildman–Crippen MR) is 69.0 cm³/mol. The third kappa shape index (κ3) is 1.56. The maximum absolute atomic E-state index is 10.2. The van der Waals surface area contributed by atoms with Crippen LogP contribution in [0, 0.1) is 23.7 Å². The fourth-order valence-electron chi connectivity index (χ4n) is 4.89. The summed E-state index contributed by atoms with van der Waals surface area (Å²) < 4.78 is 11.9. The van der Waals surface area contributed by atoms with E-state index in [9.17, 15) is 5.11 Å². The molecule has 0 unspecified atom stereocenters. The quantitative estimate of drug-likeness (QED) is 0.691. The second-order valence-electron chi connectivity index (χ2n) is 7.30. The summed E-state index contributed by atoms with van der Waals surface area (Å²) in [5.74, 6) is 0.437. The van der Waals surface area contributed by atoms with Crippen molar-refractivity contribution < 1.29 is 24.4 Å². The van der Waals surface area contributed by atoms with Crippen LogP contribution in [0.25, 0.3) is 0 Å². The molecule has 0 aromatic rings. The zero-order valence-corrected chi connectivity index (χ0v) is 12.4. The van der Waals surface area contributed by atoms with Crippen molar-refractivity contribution >= 4 is 0 Å². The molecule has 4 saturated heterocycles. The minimum absolute atomic E-state index is 0.0379. The van der Waals surface area contributed by atoms with Gasteiger partial charge in [-0.2, -0.15) is 0 Å². The van der Waals surface area contributed by atoms with Crippen molar-refractivity contribution in [3.8, 4) is 0 Å². The molecule has 2 bridgehead atoms. The molecule has 0 amide bonds. The summed E-state index contributed by atoms with van der Waals surface area (Å²) in [4.78, 5) is 11.6. The van der Waals surface area contributed by atoms with E-state index in [4.69, 9.17) is 19.2 Å². The van der Waals surface area contributed by atoms with E-state index in [1.165, 1.54) is 6.42 Å². The van der Waals surface area contributed by atoms with E-state index in [0.29, 0.717) is 11.8 Å². The van der Waals surface area contributed by atoms with Crippen LogP contribution in [-0.4, -0.2) is 29.1 Å². The average molecular weight is 284 g/mol. The lowest BCUT2D eigenvalue weighted by Crippen LogP contribution is -2.70. The molecule has 5 aliphatic rings. The fourth-order valence-corrected chi connectivity index (χ4v) is 4.89. The highest BCUT2D eigenvalue weighted by Crippen LogP contribution is 2.60. The van der Waals surface area contributed by atoms with Gasteiger partial charge in [0.15, 0.2) is 18.2 Å². The van der Waals surface area contributed by atoms with Crippen molar-refractivity contribution in [3.05, 3.63) is 0 Å². The van der Waals surface area contributed by atoms with Crippen LogP contribution in [0.1, 0.15) is 46.5 Å². The number of hydrogen-bond donors (Lipinski definition) is 1. The Morgan fingerprint density at radius 1 is 1.05 bits per heavy atom. The van der Waals surface area contributed by atoms with Gasteiger partial charge in [0, 0.05) is 18.3 Å². The molecule has 1 saturated carbocycles. The van der Waals surface area contributed by atoms with Gasteiger partial charge in [-0.05, 0) is 38.0 Å². The van der Waals surface area contributed by atoms with Gasteiger partial charge in [0.05, 0.1) is 0 Å². The summed E-state index contributed by atoms with van der Waals surface area (Å²) in [6.45, 7) is 6.22. The lowest BCUT2D eigenvalue weighted by molar-refractivity contribution is -0.576. The number of aliphatic hydroxyl groups excluding tert-OH is 1. The number of fused-ring (bicyclic) bond motifs is 2. The van der Waals surface area contributed by atoms with Crippen LogP contribution in [0.4, 0.5) is 0 Å². The van der Waals surface area contributed by atoms with Gasteiger partial charge in [-0.15, -0.1) is 0 Å². The maximum atomic E-state index is 10.2. The molecular weight excluding hydrogens is 260 g/mol. The third-order valence-electron chi connectivity index (χ3n) is 6.12. The monoisotopic (exact) mass is 284 g/mol. The SMILES string of the molecule is C[C@H]1[C@@H](O)O[C@@H]2O[C@]3(C)CC[C@H]4[C@H](C)CC[C@@H]1[C@]24OO3. The van der Waals surface area contributed by atoms with Crippen molar-refractivity contribution in [1.29, 1.82) is 0 Å². The van der Waals surface area contributed by atoms with E-state index in [-0.39, 0.29) is 11.8 Å². The second-order valence-corrected chi connectivity index (χ2v) is 7.30. The molecule has 0 aromatic heterocycles. The Morgan fingerprint density at radius 2 is 1.85 bits per heavy atom. The van der Waals surface area contributed by atoms with Crippen molar-refractivity contribution in [2.45, 2.75) is 70.4 Å². The number of hydrogen-bond acceptors (Lipinski definition) is 5. The van der Waals surface area contributed by atoms with Gasteiger partial charge in [0.25, 0.3) is 0 Å². The van der Waals surface area contributed by atoms with Crippen LogP contribution in [0.15, 0.2) is 0 Å². The Morgan fingerprint density at radius 3 is 2.65 bits per heavy atom. The lowest BCUT2D eigenvalue weighted by atomic mass is 9.58. The fraction of sp³-hybridized carbons (Fsp3) is 1.00. The molecule has 8 atom stereocenters. The first-order valence-electron chi connectivity index (χ1n) is 7.84. The molecule has 1 spiro atoms. The topological polar surface area (TPSA) is 57.2 Å². The summed E-state index contributed by atoms with van der Waals surface area (Å²) in [6.07, 6.45) is 2.72. The molecule has 4 heterocycles. The Balaban J connectivity index is 1.82. The van der Waals surface area contributed by atoms with Crippen LogP contribution in [0.2, 0.25) is 0 Å². The van der Waals surface area contributed by atoms with Crippen LogP contribution < -0.4 is 0 Å². The zero-order chi connectivity index (χ0) is 14.1. The molecule has 5 rings (SSSR count). The first-order valence-corrected chi connectivity index (χ1v) is 7.84. The molecule has 4 aliphatic heterocycles. The van der Waals surface area contributed by atoms with Crippen molar-refractivity contribution in [2.24, 2.45) is 23.7 Å². The van der Waals surface area contributed by atoms with E-state index in [1.807, 2.05) is 13.8 Å². The Hall–Kier alpha value is -0.200. The van der Waals surface area contributed by atoms with Crippen molar-refractivity contribution in [3.63, 3.8) is 0 Å². The number of ether oxygens (including phenoxy) is 2. The molecule has 5 heteroatoms. The van der Waals surface area contributed by atoms with Crippen molar-refractivity contribution in [1.82, 2.24) is 0 Å². The highest BCUT2D eigenvalue weighted by Gasteiger charge is 2.69. The van der Waals surface area contributed by atoms with E-state index in [0.717, 1.165) is 19.3 Å².